The van der Waals surface area contributed by atoms with Crippen LogP contribution in [-0.2, 0) is 17.8 Å². The first-order valence-electron chi connectivity index (χ1n) is 6.73. The Kier molecular flexibility index (Phi) is 5.08. The van der Waals surface area contributed by atoms with Gasteiger partial charge in [-0.05, 0) is 30.4 Å². The predicted molar refractivity (Wildman–Crippen MR) is 70.0 cm³/mol. The van der Waals surface area contributed by atoms with Crippen molar-refractivity contribution in [1.29, 1.82) is 0 Å². The van der Waals surface area contributed by atoms with Crippen LogP contribution in [0.25, 0.3) is 0 Å². The average molecular weight is 236 g/mol. The van der Waals surface area contributed by atoms with E-state index in [2.05, 4.69) is 28.3 Å². The van der Waals surface area contributed by atoms with Gasteiger partial charge in [-0.25, -0.2) is 0 Å². The zero-order valence-corrected chi connectivity index (χ0v) is 10.8. The van der Waals surface area contributed by atoms with Crippen LogP contribution >= 0.6 is 0 Å². The summed E-state index contributed by atoms with van der Waals surface area (Å²) >= 11 is 0. The molecular weight excluding hydrogens is 212 g/mol. The molecule has 0 bridgehead atoms. The Labute approximate surface area is 104 Å². The molecule has 0 spiro atoms. The summed E-state index contributed by atoms with van der Waals surface area (Å²) in [6.45, 7) is 3.85. The molecular formula is C14H24N2O. The van der Waals surface area contributed by atoms with Crippen molar-refractivity contribution >= 4 is 0 Å². The summed E-state index contributed by atoms with van der Waals surface area (Å²) in [6, 6.07) is 2.22. The van der Waals surface area contributed by atoms with Crippen molar-refractivity contribution in [2.75, 3.05) is 20.3 Å². The van der Waals surface area contributed by atoms with E-state index in [1.165, 1.54) is 37.8 Å². The molecule has 0 radical (unpaired) electrons. The number of hydrogen-bond acceptors (Lipinski definition) is 2. The van der Waals surface area contributed by atoms with Crippen molar-refractivity contribution in [2.24, 2.45) is 5.92 Å². The van der Waals surface area contributed by atoms with Gasteiger partial charge in [0.05, 0.1) is 6.61 Å². The van der Waals surface area contributed by atoms with Gasteiger partial charge in [0.1, 0.15) is 0 Å². The van der Waals surface area contributed by atoms with Crippen LogP contribution in [0.3, 0.4) is 0 Å². The molecule has 17 heavy (non-hydrogen) atoms. The molecule has 1 aromatic rings. The summed E-state index contributed by atoms with van der Waals surface area (Å²) in [4.78, 5) is 0. The summed E-state index contributed by atoms with van der Waals surface area (Å²) in [6.07, 6.45) is 10.2. The second-order valence-electron chi connectivity index (χ2n) is 5.04. The normalized spacial score (nSPS) is 16.8. The fourth-order valence-electron chi connectivity index (χ4n) is 2.61. The van der Waals surface area contributed by atoms with E-state index in [-0.39, 0.29) is 0 Å². The monoisotopic (exact) mass is 236 g/mol. The summed E-state index contributed by atoms with van der Waals surface area (Å²) in [5.41, 5.74) is 1.37. The Bertz CT molecular complexity index is 316. The smallest absolute Gasteiger partial charge is 0.0587 e. The maximum Gasteiger partial charge on any atom is 0.0587 e. The van der Waals surface area contributed by atoms with Gasteiger partial charge in [0.25, 0.3) is 0 Å². The minimum absolute atomic E-state index is 0.781. The molecule has 1 heterocycles. The Morgan fingerprint density at radius 1 is 1.41 bits per heavy atom. The van der Waals surface area contributed by atoms with Crippen molar-refractivity contribution in [3.8, 4) is 0 Å². The number of rotatable bonds is 7. The molecule has 0 unspecified atom stereocenters. The van der Waals surface area contributed by atoms with E-state index in [0.717, 1.165) is 25.6 Å². The van der Waals surface area contributed by atoms with E-state index in [1.54, 1.807) is 7.11 Å². The van der Waals surface area contributed by atoms with E-state index in [9.17, 15) is 0 Å². The molecule has 1 saturated carbocycles. The van der Waals surface area contributed by atoms with Crippen LogP contribution in [0.1, 0.15) is 31.2 Å². The molecule has 96 valence electrons. The zero-order valence-electron chi connectivity index (χ0n) is 10.8. The lowest BCUT2D eigenvalue weighted by molar-refractivity contribution is 0.199. The lowest BCUT2D eigenvalue weighted by Gasteiger charge is -2.09. The van der Waals surface area contributed by atoms with E-state index in [4.69, 9.17) is 4.74 Å². The standard InChI is InChI=1S/C14H24N2O/c1-17-9-7-15-10-14-6-8-16(12-14)11-13-4-2-3-5-13/h6,8,12-13,15H,2-5,7,9-11H2,1H3. The van der Waals surface area contributed by atoms with Crippen molar-refractivity contribution in [1.82, 2.24) is 9.88 Å². The molecule has 1 aliphatic rings. The van der Waals surface area contributed by atoms with E-state index < -0.39 is 0 Å². The second-order valence-corrected chi connectivity index (χ2v) is 5.04. The number of hydrogen-bond donors (Lipinski definition) is 1. The third kappa shape index (κ3) is 4.17. The summed E-state index contributed by atoms with van der Waals surface area (Å²) in [7, 11) is 1.74. The summed E-state index contributed by atoms with van der Waals surface area (Å²) in [5.74, 6) is 0.914. The van der Waals surface area contributed by atoms with Crippen molar-refractivity contribution in [2.45, 2.75) is 38.8 Å². The Hall–Kier alpha value is -0.800. The number of ether oxygens (including phenoxy) is 1. The highest BCUT2D eigenvalue weighted by Gasteiger charge is 2.14. The summed E-state index contributed by atoms with van der Waals surface area (Å²) < 4.78 is 7.36. The van der Waals surface area contributed by atoms with Crippen LogP contribution in [-0.4, -0.2) is 24.8 Å². The number of nitrogens with zero attached hydrogens (tertiary/aromatic N) is 1. The third-order valence-corrected chi connectivity index (χ3v) is 3.57. The highest BCUT2D eigenvalue weighted by molar-refractivity contribution is 5.10. The molecule has 3 heteroatoms. The molecule has 1 aromatic heterocycles. The van der Waals surface area contributed by atoms with Crippen molar-refractivity contribution < 1.29 is 4.74 Å². The van der Waals surface area contributed by atoms with Gasteiger partial charge in [-0.3, -0.25) is 0 Å². The fourth-order valence-corrected chi connectivity index (χ4v) is 2.61. The lowest BCUT2D eigenvalue weighted by Crippen LogP contribution is -2.18. The highest BCUT2D eigenvalue weighted by Crippen LogP contribution is 2.26. The summed E-state index contributed by atoms with van der Waals surface area (Å²) in [5, 5.41) is 3.37. The molecule has 1 N–H and O–H groups in total. The minimum Gasteiger partial charge on any atom is -0.383 e. The lowest BCUT2D eigenvalue weighted by atomic mass is 10.1. The van der Waals surface area contributed by atoms with Gasteiger partial charge in [-0.15, -0.1) is 0 Å². The Balaban J connectivity index is 1.71. The largest absolute Gasteiger partial charge is 0.383 e. The van der Waals surface area contributed by atoms with Gasteiger partial charge in [0.15, 0.2) is 0 Å². The van der Waals surface area contributed by atoms with E-state index in [1.807, 2.05) is 0 Å². The van der Waals surface area contributed by atoms with Gasteiger partial charge in [0, 0.05) is 39.1 Å². The molecule has 0 aliphatic heterocycles. The average Bonchev–Trinajstić information content (AvgIpc) is 2.97. The molecule has 3 nitrogen and oxygen atoms in total. The van der Waals surface area contributed by atoms with Crippen LogP contribution in [0.2, 0.25) is 0 Å². The second kappa shape index (κ2) is 6.82. The zero-order chi connectivity index (χ0) is 11.9. The Morgan fingerprint density at radius 3 is 3.00 bits per heavy atom. The van der Waals surface area contributed by atoms with Gasteiger partial charge < -0.3 is 14.6 Å². The molecule has 0 saturated heterocycles. The van der Waals surface area contributed by atoms with Crippen LogP contribution in [0.15, 0.2) is 18.5 Å². The van der Waals surface area contributed by atoms with Crippen LogP contribution in [0, 0.1) is 5.92 Å². The molecule has 1 aliphatic carbocycles. The quantitative estimate of drug-likeness (QED) is 0.736. The molecule has 0 amide bonds. The van der Waals surface area contributed by atoms with Crippen LogP contribution in [0.4, 0.5) is 0 Å². The molecule has 2 rings (SSSR count). The number of methoxy groups -OCH3 is 1. The molecule has 0 atom stereocenters. The van der Waals surface area contributed by atoms with Gasteiger partial charge in [0.2, 0.25) is 0 Å². The van der Waals surface area contributed by atoms with E-state index in [0.29, 0.717) is 0 Å². The van der Waals surface area contributed by atoms with Gasteiger partial charge in [-0.2, -0.15) is 0 Å². The number of nitrogens with one attached hydrogen (secondary N) is 1. The number of aromatic nitrogens is 1. The Morgan fingerprint density at radius 2 is 2.24 bits per heavy atom. The predicted octanol–water partition coefficient (Wildman–Crippen LogP) is 2.41. The molecule has 1 fully saturated rings. The maximum absolute atomic E-state index is 5.01. The first-order valence-corrected chi connectivity index (χ1v) is 6.73. The minimum atomic E-state index is 0.781. The van der Waals surface area contributed by atoms with Crippen LogP contribution < -0.4 is 5.32 Å². The SMILES string of the molecule is COCCNCc1ccn(CC2CCCC2)c1. The first-order chi connectivity index (χ1) is 8.38. The van der Waals surface area contributed by atoms with E-state index >= 15 is 0 Å². The highest BCUT2D eigenvalue weighted by atomic mass is 16.5. The van der Waals surface area contributed by atoms with Crippen molar-refractivity contribution in [3.05, 3.63) is 24.0 Å². The van der Waals surface area contributed by atoms with Crippen molar-refractivity contribution in [3.63, 3.8) is 0 Å². The third-order valence-electron chi connectivity index (χ3n) is 3.57. The molecule has 0 aromatic carbocycles. The first kappa shape index (κ1) is 12.7. The maximum atomic E-state index is 5.01. The van der Waals surface area contributed by atoms with Gasteiger partial charge >= 0.3 is 0 Å². The van der Waals surface area contributed by atoms with Gasteiger partial charge in [-0.1, -0.05) is 12.8 Å². The topological polar surface area (TPSA) is 26.2 Å². The van der Waals surface area contributed by atoms with Crippen LogP contribution in [0.5, 0.6) is 0 Å². The fraction of sp³-hybridized carbons (Fsp3) is 0.714.